The molecule has 0 aliphatic carbocycles. The van der Waals surface area contributed by atoms with Crippen LogP contribution in [0.15, 0.2) is 53.3 Å². The fourth-order valence-electron chi connectivity index (χ4n) is 5.10. The molecule has 1 aliphatic rings. The number of nitrogens with one attached hydrogen (secondary N) is 1. The number of benzene rings is 2. The van der Waals surface area contributed by atoms with Crippen LogP contribution >= 0.6 is 0 Å². The van der Waals surface area contributed by atoms with Crippen LogP contribution < -0.4 is 10.3 Å². The third kappa shape index (κ3) is 5.92. The minimum Gasteiger partial charge on any atom is -0.494 e. The minimum atomic E-state index is -0.283. The summed E-state index contributed by atoms with van der Waals surface area (Å²) in [6.07, 6.45) is 2.80. The van der Waals surface area contributed by atoms with Crippen LogP contribution in [-0.2, 0) is 17.8 Å². The zero-order valence-corrected chi connectivity index (χ0v) is 21.8. The summed E-state index contributed by atoms with van der Waals surface area (Å²) in [5, 5.41) is 13.5. The first-order valence-corrected chi connectivity index (χ1v) is 13.2. The van der Waals surface area contributed by atoms with E-state index in [1.807, 2.05) is 31.2 Å². The SMILES string of the molecule is CCOc1ccc2[nH]c(=O)c(CN(C[C@@H]3CCCO3)[C@H](CC)c3nnnn3Cc3ccc(F)cc3)cc2c1. The van der Waals surface area contributed by atoms with Gasteiger partial charge in [-0.1, -0.05) is 19.1 Å². The predicted octanol–water partition coefficient (Wildman–Crippen LogP) is 4.23. The van der Waals surface area contributed by atoms with Crippen molar-refractivity contribution in [2.45, 2.75) is 58.3 Å². The highest BCUT2D eigenvalue weighted by atomic mass is 19.1. The van der Waals surface area contributed by atoms with Gasteiger partial charge in [-0.2, -0.15) is 0 Å². The summed E-state index contributed by atoms with van der Waals surface area (Å²) in [5.74, 6) is 1.18. The van der Waals surface area contributed by atoms with Crippen molar-refractivity contribution in [3.63, 3.8) is 0 Å². The number of rotatable bonds is 11. The molecule has 0 radical (unpaired) electrons. The van der Waals surface area contributed by atoms with E-state index >= 15 is 0 Å². The lowest BCUT2D eigenvalue weighted by Gasteiger charge is -2.32. The number of aromatic amines is 1. The molecular formula is C28H33FN6O3. The summed E-state index contributed by atoms with van der Waals surface area (Å²) in [7, 11) is 0. The molecule has 1 N–H and O–H groups in total. The van der Waals surface area contributed by atoms with E-state index < -0.39 is 0 Å². The Morgan fingerprint density at radius 2 is 2.05 bits per heavy atom. The van der Waals surface area contributed by atoms with Crippen LogP contribution in [0.25, 0.3) is 10.9 Å². The van der Waals surface area contributed by atoms with E-state index in [0.717, 1.165) is 48.1 Å². The van der Waals surface area contributed by atoms with E-state index in [4.69, 9.17) is 9.47 Å². The molecule has 9 nitrogen and oxygen atoms in total. The van der Waals surface area contributed by atoms with Crippen molar-refractivity contribution in [3.8, 4) is 5.75 Å². The van der Waals surface area contributed by atoms with Gasteiger partial charge in [0.05, 0.1) is 25.3 Å². The molecule has 0 bridgehead atoms. The highest BCUT2D eigenvalue weighted by Crippen LogP contribution is 2.28. The number of ether oxygens (including phenoxy) is 2. The molecule has 0 saturated carbocycles. The fourth-order valence-corrected chi connectivity index (χ4v) is 5.10. The van der Waals surface area contributed by atoms with Crippen LogP contribution in [0.2, 0.25) is 0 Å². The summed E-state index contributed by atoms with van der Waals surface area (Å²) in [5.41, 5.74) is 2.19. The van der Waals surface area contributed by atoms with E-state index in [1.165, 1.54) is 12.1 Å². The lowest BCUT2D eigenvalue weighted by molar-refractivity contribution is 0.0489. The van der Waals surface area contributed by atoms with Crippen molar-refractivity contribution in [3.05, 3.63) is 81.7 Å². The molecule has 10 heteroatoms. The monoisotopic (exact) mass is 520 g/mol. The molecule has 1 saturated heterocycles. The Labute approximate surface area is 220 Å². The molecule has 200 valence electrons. The zero-order valence-electron chi connectivity index (χ0n) is 21.8. The zero-order chi connectivity index (χ0) is 26.5. The van der Waals surface area contributed by atoms with E-state index in [9.17, 15) is 9.18 Å². The molecule has 0 spiro atoms. The molecule has 0 unspecified atom stereocenters. The Morgan fingerprint density at radius 1 is 1.21 bits per heavy atom. The van der Waals surface area contributed by atoms with Crippen molar-refractivity contribution < 1.29 is 13.9 Å². The highest BCUT2D eigenvalue weighted by Gasteiger charge is 2.29. The van der Waals surface area contributed by atoms with E-state index in [1.54, 1.807) is 16.8 Å². The van der Waals surface area contributed by atoms with Crippen LogP contribution in [0.5, 0.6) is 5.75 Å². The first kappa shape index (κ1) is 26.0. The highest BCUT2D eigenvalue weighted by molar-refractivity contribution is 5.80. The summed E-state index contributed by atoms with van der Waals surface area (Å²) in [6, 6.07) is 13.8. The Balaban J connectivity index is 1.47. The van der Waals surface area contributed by atoms with E-state index in [2.05, 4.69) is 32.3 Å². The quantitative estimate of drug-likeness (QED) is 0.316. The van der Waals surface area contributed by atoms with Gasteiger partial charge in [-0.3, -0.25) is 9.69 Å². The first-order valence-electron chi connectivity index (χ1n) is 13.2. The van der Waals surface area contributed by atoms with Crippen molar-refractivity contribution in [2.75, 3.05) is 19.8 Å². The van der Waals surface area contributed by atoms with Crippen LogP contribution in [0, 0.1) is 5.82 Å². The normalized spacial score (nSPS) is 16.4. The summed E-state index contributed by atoms with van der Waals surface area (Å²) in [6.45, 7) is 6.83. The predicted molar refractivity (Wildman–Crippen MR) is 141 cm³/mol. The van der Waals surface area contributed by atoms with Gasteiger partial charge in [0, 0.05) is 36.2 Å². The maximum absolute atomic E-state index is 13.4. The van der Waals surface area contributed by atoms with Crippen LogP contribution in [0.3, 0.4) is 0 Å². The standard InChI is InChI=1S/C28H33FN6O3/c1-3-26(27-31-32-33-35(27)16-19-7-9-22(29)10-8-19)34(18-24-6-5-13-38-24)17-21-14-20-15-23(37-4-2)11-12-25(20)30-28(21)36/h7-12,14-15,24,26H,3-6,13,16-18H2,1-2H3,(H,30,36)/t24-,26+/m0/s1. The smallest absolute Gasteiger partial charge is 0.252 e. The van der Waals surface area contributed by atoms with Crippen LogP contribution in [0.1, 0.15) is 56.1 Å². The number of H-pyrrole nitrogens is 1. The lowest BCUT2D eigenvalue weighted by atomic mass is 10.1. The van der Waals surface area contributed by atoms with Gasteiger partial charge in [-0.25, -0.2) is 9.07 Å². The molecule has 1 aliphatic heterocycles. The number of aromatic nitrogens is 5. The van der Waals surface area contributed by atoms with Crippen molar-refractivity contribution in [1.82, 2.24) is 30.1 Å². The minimum absolute atomic E-state index is 0.0783. The average molecular weight is 521 g/mol. The van der Waals surface area contributed by atoms with Gasteiger partial charge in [0.15, 0.2) is 5.82 Å². The van der Waals surface area contributed by atoms with Crippen LogP contribution in [-0.4, -0.2) is 56.0 Å². The van der Waals surface area contributed by atoms with Gasteiger partial charge in [-0.05, 0) is 78.6 Å². The number of nitrogens with zero attached hydrogens (tertiary/aromatic N) is 5. The average Bonchev–Trinajstić information content (AvgIpc) is 3.59. The largest absolute Gasteiger partial charge is 0.494 e. The second kappa shape index (κ2) is 11.8. The number of halogens is 1. The molecule has 5 rings (SSSR count). The lowest BCUT2D eigenvalue weighted by Crippen LogP contribution is -2.37. The molecule has 2 aromatic carbocycles. The molecule has 0 amide bonds. The number of fused-ring (bicyclic) bond motifs is 1. The number of hydrogen-bond donors (Lipinski definition) is 1. The second-order valence-corrected chi connectivity index (χ2v) is 9.62. The maximum atomic E-state index is 13.4. The number of pyridine rings is 1. The molecule has 1 fully saturated rings. The molecular weight excluding hydrogens is 487 g/mol. The summed E-state index contributed by atoms with van der Waals surface area (Å²) >= 11 is 0. The first-order chi connectivity index (χ1) is 18.5. The Hall–Kier alpha value is -3.63. The van der Waals surface area contributed by atoms with Crippen molar-refractivity contribution >= 4 is 10.9 Å². The molecule has 3 heterocycles. The Kier molecular flexibility index (Phi) is 8.09. The van der Waals surface area contributed by atoms with Crippen LogP contribution in [0.4, 0.5) is 4.39 Å². The Bertz CT molecular complexity index is 1410. The summed E-state index contributed by atoms with van der Waals surface area (Å²) < 4.78 is 26.8. The third-order valence-corrected chi connectivity index (χ3v) is 6.97. The van der Waals surface area contributed by atoms with E-state index in [0.29, 0.717) is 37.6 Å². The second-order valence-electron chi connectivity index (χ2n) is 9.62. The van der Waals surface area contributed by atoms with Gasteiger partial charge in [0.2, 0.25) is 0 Å². The number of tetrazole rings is 1. The van der Waals surface area contributed by atoms with Gasteiger partial charge in [0.25, 0.3) is 5.56 Å². The molecule has 4 aromatic rings. The van der Waals surface area contributed by atoms with E-state index in [-0.39, 0.29) is 23.5 Å². The maximum Gasteiger partial charge on any atom is 0.252 e. The molecule has 38 heavy (non-hydrogen) atoms. The molecule has 2 aromatic heterocycles. The summed E-state index contributed by atoms with van der Waals surface area (Å²) in [4.78, 5) is 18.4. The number of hydrogen-bond acceptors (Lipinski definition) is 7. The van der Waals surface area contributed by atoms with Gasteiger partial charge < -0.3 is 14.5 Å². The topological polar surface area (TPSA) is 98.2 Å². The van der Waals surface area contributed by atoms with Gasteiger partial charge in [0.1, 0.15) is 11.6 Å². The molecule has 2 atom stereocenters. The van der Waals surface area contributed by atoms with Gasteiger partial charge >= 0.3 is 0 Å². The van der Waals surface area contributed by atoms with Crippen molar-refractivity contribution in [2.24, 2.45) is 0 Å². The Morgan fingerprint density at radius 3 is 2.79 bits per heavy atom. The fraction of sp³-hybridized carbons (Fsp3) is 0.429. The van der Waals surface area contributed by atoms with Gasteiger partial charge in [-0.15, -0.1) is 5.10 Å². The van der Waals surface area contributed by atoms with Crippen molar-refractivity contribution in [1.29, 1.82) is 0 Å². The third-order valence-electron chi connectivity index (χ3n) is 6.97.